The van der Waals surface area contributed by atoms with Crippen LogP contribution in [0.3, 0.4) is 0 Å². The van der Waals surface area contributed by atoms with E-state index in [0.29, 0.717) is 0 Å². The molecule has 0 atom stereocenters. The van der Waals surface area contributed by atoms with Gasteiger partial charge in [0.05, 0.1) is 0 Å². The fourth-order valence-electron chi connectivity index (χ4n) is 3.17. The zero-order valence-electron chi connectivity index (χ0n) is 17.0. The lowest BCUT2D eigenvalue weighted by Crippen LogP contribution is -2.00. The summed E-state index contributed by atoms with van der Waals surface area (Å²) in [6, 6.07) is 0. The molecule has 148 valence electrons. The van der Waals surface area contributed by atoms with Gasteiger partial charge >= 0.3 is 5.97 Å². The molecule has 2 heteroatoms. The molecule has 0 aliphatic heterocycles. The van der Waals surface area contributed by atoms with E-state index < -0.39 is 5.97 Å². The van der Waals surface area contributed by atoms with E-state index in [9.17, 15) is 4.79 Å². The highest BCUT2D eigenvalue weighted by Gasteiger charge is 2.19. The molecule has 0 fully saturated rings. The predicted octanol–water partition coefficient (Wildman–Crippen LogP) is 6.58. The average Bonchev–Trinajstić information content (AvgIpc) is 3.22. The number of hydrogen-bond donors (Lipinski definition) is 1. The van der Waals surface area contributed by atoms with Gasteiger partial charge in [-0.15, -0.1) is 0 Å². The molecular weight excluding hydrogens is 368 g/mol. The summed E-state index contributed by atoms with van der Waals surface area (Å²) < 4.78 is 0. The number of fused-ring (bicyclic) bond motifs is 2. The van der Waals surface area contributed by atoms with Crippen LogP contribution in [-0.2, 0) is 4.79 Å². The molecular formula is C28H24O2. The molecule has 0 saturated carbocycles. The van der Waals surface area contributed by atoms with E-state index in [2.05, 4.69) is 116 Å². The fourth-order valence-corrected chi connectivity index (χ4v) is 3.17. The first-order chi connectivity index (χ1) is 14.6. The Balaban J connectivity index is 0.000000377. The number of carboxylic acid groups (broad SMARTS) is 1. The first-order valence-corrected chi connectivity index (χ1v) is 9.76. The Bertz CT molecular complexity index is 1020. The van der Waals surface area contributed by atoms with Crippen molar-refractivity contribution in [1.29, 1.82) is 0 Å². The molecule has 0 saturated heterocycles. The highest BCUT2D eigenvalue weighted by Crippen LogP contribution is 2.37. The van der Waals surface area contributed by atoms with Crippen molar-refractivity contribution in [3.8, 4) is 0 Å². The quantitative estimate of drug-likeness (QED) is 0.539. The Morgan fingerprint density at radius 3 is 1.33 bits per heavy atom. The summed E-state index contributed by atoms with van der Waals surface area (Å²) in [4.78, 5) is 9.60. The third-order valence-corrected chi connectivity index (χ3v) is 4.68. The minimum Gasteiger partial charge on any atom is -0.478 e. The van der Waals surface area contributed by atoms with Crippen LogP contribution in [0.5, 0.6) is 0 Å². The van der Waals surface area contributed by atoms with Crippen LogP contribution in [0.15, 0.2) is 155 Å². The third-order valence-electron chi connectivity index (χ3n) is 4.68. The zero-order valence-corrected chi connectivity index (χ0v) is 17.0. The molecule has 0 aromatic rings. The maximum atomic E-state index is 9.60. The molecule has 0 amide bonds. The second kappa shape index (κ2) is 10.0. The van der Waals surface area contributed by atoms with Gasteiger partial charge in [-0.3, -0.25) is 0 Å². The summed E-state index contributed by atoms with van der Waals surface area (Å²) in [5.41, 5.74) is 7.65. The molecule has 2 nitrogen and oxygen atoms in total. The van der Waals surface area contributed by atoms with Gasteiger partial charge in [0.1, 0.15) is 0 Å². The molecule has 0 aromatic heterocycles. The van der Waals surface area contributed by atoms with Gasteiger partial charge in [0.25, 0.3) is 0 Å². The summed E-state index contributed by atoms with van der Waals surface area (Å²) in [6.45, 7) is 4.60. The minimum absolute atomic E-state index is 0.176. The molecule has 0 bridgehead atoms. The van der Waals surface area contributed by atoms with Gasteiger partial charge in [0, 0.05) is 5.57 Å². The molecule has 0 spiro atoms. The van der Waals surface area contributed by atoms with Gasteiger partial charge in [-0.1, -0.05) is 116 Å². The topological polar surface area (TPSA) is 37.3 Å². The number of hydrogen-bond acceptors (Lipinski definition) is 1. The predicted molar refractivity (Wildman–Crippen MR) is 126 cm³/mol. The zero-order chi connectivity index (χ0) is 21.3. The highest BCUT2D eigenvalue weighted by atomic mass is 16.4. The monoisotopic (exact) mass is 392 g/mol. The van der Waals surface area contributed by atoms with Crippen molar-refractivity contribution < 1.29 is 9.90 Å². The second-order valence-electron chi connectivity index (χ2n) is 6.91. The molecule has 0 heterocycles. The van der Waals surface area contributed by atoms with E-state index in [0.717, 1.165) is 0 Å². The van der Waals surface area contributed by atoms with E-state index in [1.807, 2.05) is 0 Å². The van der Waals surface area contributed by atoms with Crippen LogP contribution < -0.4 is 0 Å². The van der Waals surface area contributed by atoms with Crippen LogP contribution in [0.25, 0.3) is 0 Å². The Labute approximate surface area is 178 Å². The van der Waals surface area contributed by atoms with E-state index in [1.54, 1.807) is 0 Å². The van der Waals surface area contributed by atoms with Crippen molar-refractivity contribution in [1.82, 2.24) is 0 Å². The summed E-state index contributed by atoms with van der Waals surface area (Å²) in [5.74, 6) is -0.935. The summed E-state index contributed by atoms with van der Waals surface area (Å²) >= 11 is 0. The first kappa shape index (κ1) is 20.8. The Morgan fingerprint density at radius 1 is 0.600 bits per heavy atom. The van der Waals surface area contributed by atoms with E-state index in [-0.39, 0.29) is 5.57 Å². The maximum Gasteiger partial charge on any atom is 0.330 e. The van der Waals surface area contributed by atoms with Crippen LogP contribution in [0, 0.1) is 0 Å². The van der Waals surface area contributed by atoms with Crippen molar-refractivity contribution in [2.24, 2.45) is 0 Å². The molecule has 4 aliphatic carbocycles. The molecule has 4 rings (SSSR count). The number of carboxylic acids is 1. The minimum atomic E-state index is -0.935. The van der Waals surface area contributed by atoms with Crippen molar-refractivity contribution in [2.45, 2.75) is 6.92 Å². The Hall–Kier alpha value is -3.91. The SMILES string of the molecule is C1=CC=C2C(=CC=CC=C2C2=CC=CC=C3C=CC=CC=C32)C=C1.C=C(C)C(=O)O. The van der Waals surface area contributed by atoms with E-state index in [1.165, 1.54) is 40.4 Å². The van der Waals surface area contributed by atoms with Crippen molar-refractivity contribution >= 4 is 5.97 Å². The largest absolute Gasteiger partial charge is 0.478 e. The lowest BCUT2D eigenvalue weighted by Gasteiger charge is -2.18. The third kappa shape index (κ3) is 5.12. The van der Waals surface area contributed by atoms with Gasteiger partial charge in [0.2, 0.25) is 0 Å². The van der Waals surface area contributed by atoms with Crippen LogP contribution in [0.2, 0.25) is 0 Å². The molecule has 1 N–H and O–H groups in total. The number of aliphatic carboxylic acids is 1. The summed E-state index contributed by atoms with van der Waals surface area (Å²) in [5, 5.41) is 7.89. The van der Waals surface area contributed by atoms with Crippen LogP contribution >= 0.6 is 0 Å². The van der Waals surface area contributed by atoms with E-state index in [4.69, 9.17) is 5.11 Å². The Morgan fingerprint density at radius 2 is 0.933 bits per heavy atom. The highest BCUT2D eigenvalue weighted by molar-refractivity contribution is 5.84. The van der Waals surface area contributed by atoms with Crippen molar-refractivity contribution in [3.63, 3.8) is 0 Å². The molecule has 0 unspecified atom stereocenters. The van der Waals surface area contributed by atoms with Crippen LogP contribution in [0.1, 0.15) is 6.92 Å². The lowest BCUT2D eigenvalue weighted by molar-refractivity contribution is -0.132. The second-order valence-corrected chi connectivity index (χ2v) is 6.91. The van der Waals surface area contributed by atoms with Gasteiger partial charge in [-0.25, -0.2) is 4.79 Å². The van der Waals surface area contributed by atoms with E-state index >= 15 is 0 Å². The molecule has 0 radical (unpaired) electrons. The average molecular weight is 392 g/mol. The van der Waals surface area contributed by atoms with Gasteiger partial charge in [0.15, 0.2) is 0 Å². The van der Waals surface area contributed by atoms with Crippen molar-refractivity contribution in [3.05, 3.63) is 155 Å². The summed E-state index contributed by atoms with van der Waals surface area (Å²) in [7, 11) is 0. The molecule has 30 heavy (non-hydrogen) atoms. The molecule has 4 aliphatic rings. The fraction of sp³-hybridized carbons (Fsp3) is 0.0357. The van der Waals surface area contributed by atoms with Gasteiger partial charge < -0.3 is 5.11 Å². The van der Waals surface area contributed by atoms with Gasteiger partial charge in [-0.2, -0.15) is 0 Å². The number of allylic oxidation sites excluding steroid dienone is 24. The maximum absolute atomic E-state index is 9.60. The molecule has 0 aromatic carbocycles. The Kier molecular flexibility index (Phi) is 6.96. The number of carbonyl (C=O) groups is 1. The van der Waals surface area contributed by atoms with Crippen LogP contribution in [-0.4, -0.2) is 11.1 Å². The lowest BCUT2D eigenvalue weighted by atomic mass is 9.85. The normalized spacial score (nSPS) is 18.3. The number of rotatable bonds is 2. The first-order valence-electron chi connectivity index (χ1n) is 9.76. The van der Waals surface area contributed by atoms with Crippen molar-refractivity contribution in [2.75, 3.05) is 0 Å². The smallest absolute Gasteiger partial charge is 0.330 e. The summed E-state index contributed by atoms with van der Waals surface area (Å²) in [6.07, 6.45) is 38.5. The van der Waals surface area contributed by atoms with Crippen LogP contribution in [0.4, 0.5) is 0 Å². The standard InChI is InChI=1S/C24H18.C4H6O2/c1-3-11-19-13-7-9-17-23(21(19)15-5-1)24-18-10-8-14-20-12-4-2-6-16-22(20)24;1-3(2)4(5)6/h1-18H;1H2,2H3,(H,5,6). The van der Waals surface area contributed by atoms with Gasteiger partial charge in [-0.05, 0) is 40.4 Å².